The zero-order valence-electron chi connectivity index (χ0n) is 12.0. The summed E-state index contributed by atoms with van der Waals surface area (Å²) in [7, 11) is 0. The molecule has 1 aliphatic heterocycles. The molecule has 0 amide bonds. The van der Waals surface area contributed by atoms with Crippen LogP contribution < -0.4 is 4.74 Å². The average Bonchev–Trinajstić information content (AvgIpc) is 2.46. The minimum absolute atomic E-state index is 0.469. The van der Waals surface area contributed by atoms with Crippen LogP contribution in [-0.2, 0) is 4.74 Å². The third-order valence-corrected chi connectivity index (χ3v) is 3.28. The van der Waals surface area contributed by atoms with Crippen LogP contribution in [0.5, 0.6) is 5.75 Å². The summed E-state index contributed by atoms with van der Waals surface area (Å²) >= 11 is 0. The molecular formula is C16H23NO3. The zero-order valence-corrected chi connectivity index (χ0v) is 12.0. The number of benzene rings is 1. The number of aliphatic hydroxyl groups is 1. The van der Waals surface area contributed by atoms with E-state index in [2.05, 4.69) is 11.5 Å². The molecule has 0 bridgehead atoms. The second-order valence-electron chi connectivity index (χ2n) is 5.24. The van der Waals surface area contributed by atoms with E-state index in [9.17, 15) is 5.11 Å². The number of morpholine rings is 1. The number of hydrogen-bond donors (Lipinski definition) is 1. The first-order chi connectivity index (χ1) is 9.65. The van der Waals surface area contributed by atoms with Crippen molar-refractivity contribution in [2.75, 3.05) is 39.5 Å². The first kappa shape index (κ1) is 15.0. The van der Waals surface area contributed by atoms with E-state index in [4.69, 9.17) is 9.47 Å². The van der Waals surface area contributed by atoms with Crippen molar-refractivity contribution < 1.29 is 14.6 Å². The number of hydrogen-bond acceptors (Lipinski definition) is 4. The van der Waals surface area contributed by atoms with E-state index >= 15 is 0 Å². The third kappa shape index (κ3) is 4.63. The Hall–Kier alpha value is -1.36. The van der Waals surface area contributed by atoms with Crippen LogP contribution in [0.4, 0.5) is 0 Å². The van der Waals surface area contributed by atoms with Crippen molar-refractivity contribution in [3.63, 3.8) is 0 Å². The van der Waals surface area contributed by atoms with Crippen LogP contribution in [-0.4, -0.2) is 49.5 Å². The second kappa shape index (κ2) is 7.43. The third-order valence-electron chi connectivity index (χ3n) is 3.28. The number of nitrogens with zero attached hydrogens (tertiary/aromatic N) is 1. The van der Waals surface area contributed by atoms with Gasteiger partial charge in [0.2, 0.25) is 0 Å². The van der Waals surface area contributed by atoms with E-state index in [0.717, 1.165) is 43.2 Å². The summed E-state index contributed by atoms with van der Waals surface area (Å²) in [5.41, 5.74) is 1.90. The van der Waals surface area contributed by atoms with Crippen LogP contribution in [0.25, 0.3) is 0 Å². The van der Waals surface area contributed by atoms with Crippen molar-refractivity contribution in [1.29, 1.82) is 0 Å². The molecule has 1 unspecified atom stereocenters. The molecule has 1 aromatic carbocycles. The molecule has 1 fully saturated rings. The van der Waals surface area contributed by atoms with Crippen molar-refractivity contribution in [3.05, 3.63) is 42.0 Å². The van der Waals surface area contributed by atoms with Gasteiger partial charge in [0.1, 0.15) is 12.4 Å². The van der Waals surface area contributed by atoms with Crippen LogP contribution in [0.1, 0.15) is 18.6 Å². The predicted molar refractivity (Wildman–Crippen MR) is 79.0 cm³/mol. The lowest BCUT2D eigenvalue weighted by molar-refractivity contribution is 0.0143. The fourth-order valence-electron chi connectivity index (χ4n) is 2.13. The first-order valence-electron chi connectivity index (χ1n) is 7.00. The Morgan fingerprint density at radius 1 is 1.35 bits per heavy atom. The highest BCUT2D eigenvalue weighted by Gasteiger charge is 2.16. The molecule has 1 aliphatic rings. The largest absolute Gasteiger partial charge is 0.489 e. The van der Waals surface area contributed by atoms with E-state index in [1.54, 1.807) is 0 Å². The maximum absolute atomic E-state index is 10.2. The van der Waals surface area contributed by atoms with Gasteiger partial charge in [-0.25, -0.2) is 0 Å². The van der Waals surface area contributed by atoms with Crippen molar-refractivity contribution in [3.8, 4) is 5.75 Å². The van der Waals surface area contributed by atoms with Gasteiger partial charge >= 0.3 is 0 Å². The lowest BCUT2D eigenvalue weighted by atomic mass is 10.1. The van der Waals surface area contributed by atoms with E-state index in [-0.39, 0.29) is 0 Å². The topological polar surface area (TPSA) is 41.9 Å². The van der Waals surface area contributed by atoms with Crippen LogP contribution in [0.15, 0.2) is 36.4 Å². The molecular weight excluding hydrogens is 254 g/mol. The lowest BCUT2D eigenvalue weighted by Gasteiger charge is -2.28. The molecule has 1 atom stereocenters. The van der Waals surface area contributed by atoms with Crippen LogP contribution in [0.2, 0.25) is 0 Å². The number of aliphatic hydroxyl groups excluding tert-OH is 1. The highest BCUT2D eigenvalue weighted by Crippen LogP contribution is 2.19. The van der Waals surface area contributed by atoms with E-state index in [1.165, 1.54) is 0 Å². The summed E-state index contributed by atoms with van der Waals surface area (Å²) in [6.45, 7) is 10.2. The predicted octanol–water partition coefficient (Wildman–Crippen LogP) is 2.01. The van der Waals surface area contributed by atoms with Gasteiger partial charge in [-0.1, -0.05) is 18.7 Å². The molecule has 2 rings (SSSR count). The quantitative estimate of drug-likeness (QED) is 0.808. The lowest BCUT2D eigenvalue weighted by Crippen LogP contribution is -2.38. The Labute approximate surface area is 120 Å². The normalized spacial score (nSPS) is 17.7. The van der Waals surface area contributed by atoms with E-state index < -0.39 is 6.10 Å². The van der Waals surface area contributed by atoms with Gasteiger partial charge in [0.25, 0.3) is 0 Å². The molecule has 1 heterocycles. The molecule has 0 radical (unpaired) electrons. The molecule has 0 saturated carbocycles. The number of β-amino-alcohol motifs (C(OH)–C–C–N with tert-alkyl or cyclic N) is 1. The second-order valence-corrected chi connectivity index (χ2v) is 5.24. The fourth-order valence-corrected chi connectivity index (χ4v) is 2.13. The fraction of sp³-hybridized carbons (Fsp3) is 0.500. The van der Waals surface area contributed by atoms with Crippen LogP contribution in [0, 0.1) is 0 Å². The Bertz CT molecular complexity index is 424. The van der Waals surface area contributed by atoms with E-state index in [1.807, 2.05) is 31.2 Å². The summed E-state index contributed by atoms with van der Waals surface area (Å²) < 4.78 is 10.8. The molecule has 20 heavy (non-hydrogen) atoms. The molecule has 1 N–H and O–H groups in total. The maximum atomic E-state index is 10.2. The molecule has 1 saturated heterocycles. The van der Waals surface area contributed by atoms with Crippen molar-refractivity contribution >= 4 is 0 Å². The highest BCUT2D eigenvalue weighted by atomic mass is 16.5. The summed E-state index contributed by atoms with van der Waals surface area (Å²) in [6.07, 6.45) is -0.469. The van der Waals surface area contributed by atoms with Crippen molar-refractivity contribution in [2.45, 2.75) is 13.0 Å². The van der Waals surface area contributed by atoms with E-state index in [0.29, 0.717) is 13.2 Å². The molecule has 110 valence electrons. The minimum Gasteiger partial charge on any atom is -0.489 e. The zero-order chi connectivity index (χ0) is 14.4. The van der Waals surface area contributed by atoms with Crippen LogP contribution in [0.3, 0.4) is 0 Å². The van der Waals surface area contributed by atoms with Gasteiger partial charge in [-0.15, -0.1) is 0 Å². The van der Waals surface area contributed by atoms with Crippen molar-refractivity contribution in [1.82, 2.24) is 4.90 Å². The van der Waals surface area contributed by atoms with Gasteiger partial charge in [-0.3, -0.25) is 4.90 Å². The number of rotatable bonds is 6. The van der Waals surface area contributed by atoms with Crippen LogP contribution >= 0.6 is 0 Å². The Balaban J connectivity index is 1.86. The average molecular weight is 277 g/mol. The molecule has 0 aliphatic carbocycles. The first-order valence-corrected chi connectivity index (χ1v) is 7.00. The smallest absolute Gasteiger partial charge is 0.119 e. The minimum atomic E-state index is -0.469. The molecule has 0 aromatic heterocycles. The van der Waals surface area contributed by atoms with Crippen molar-refractivity contribution in [2.24, 2.45) is 0 Å². The number of ether oxygens (including phenoxy) is 2. The monoisotopic (exact) mass is 277 g/mol. The summed E-state index contributed by atoms with van der Waals surface area (Å²) in [6, 6.07) is 7.61. The van der Waals surface area contributed by atoms with Gasteiger partial charge in [0.05, 0.1) is 19.3 Å². The van der Waals surface area contributed by atoms with Gasteiger partial charge in [0.15, 0.2) is 0 Å². The molecule has 0 spiro atoms. The molecule has 1 aromatic rings. The van der Waals surface area contributed by atoms with Gasteiger partial charge in [-0.05, 0) is 30.2 Å². The SMILES string of the molecule is C=C(C)COc1ccc(C(O)CN2CCOCC2)cc1. The summed E-state index contributed by atoms with van der Waals surface area (Å²) in [5.74, 6) is 0.801. The Kier molecular flexibility index (Phi) is 5.59. The highest BCUT2D eigenvalue weighted by molar-refractivity contribution is 5.29. The Morgan fingerprint density at radius 3 is 2.60 bits per heavy atom. The summed E-state index contributed by atoms with van der Waals surface area (Å²) in [5, 5.41) is 10.2. The Morgan fingerprint density at radius 2 is 2.00 bits per heavy atom. The maximum Gasteiger partial charge on any atom is 0.119 e. The van der Waals surface area contributed by atoms with Gasteiger partial charge in [-0.2, -0.15) is 0 Å². The van der Waals surface area contributed by atoms with Gasteiger partial charge in [0, 0.05) is 19.6 Å². The molecule has 4 heteroatoms. The van der Waals surface area contributed by atoms with Gasteiger partial charge < -0.3 is 14.6 Å². The molecule has 4 nitrogen and oxygen atoms in total. The summed E-state index contributed by atoms with van der Waals surface area (Å²) in [4.78, 5) is 2.22. The standard InChI is InChI=1S/C16H23NO3/c1-13(2)12-20-15-5-3-14(4-6-15)16(18)11-17-7-9-19-10-8-17/h3-6,16,18H,1,7-12H2,2H3.